The van der Waals surface area contributed by atoms with E-state index in [1.54, 1.807) is 5.51 Å². The highest BCUT2D eigenvalue weighted by Crippen LogP contribution is 2.08. The average molecular weight is 214 g/mol. The van der Waals surface area contributed by atoms with Gasteiger partial charge < -0.3 is 10.1 Å². The van der Waals surface area contributed by atoms with Gasteiger partial charge in [-0.2, -0.15) is 0 Å². The van der Waals surface area contributed by atoms with Crippen molar-refractivity contribution in [3.8, 4) is 0 Å². The summed E-state index contributed by atoms with van der Waals surface area (Å²) in [4.78, 5) is 11.6. The van der Waals surface area contributed by atoms with E-state index in [1.807, 2.05) is 0 Å². The fourth-order valence-corrected chi connectivity index (χ4v) is 1.60. The molecule has 0 aromatic carbocycles. The van der Waals surface area contributed by atoms with Crippen LogP contribution in [-0.2, 0) is 9.53 Å². The second kappa shape index (κ2) is 4.45. The molecule has 76 valence electrons. The van der Waals surface area contributed by atoms with Crippen LogP contribution in [0.3, 0.4) is 0 Å². The number of ether oxygens (including phenoxy) is 1. The standard InChI is InChI=1S/C7H10N4O2S/c12-6(5-3-13-2-1-8-5)10-7-11-9-4-14-7/h4-5,8H,1-3H2,(H,10,11,12). The van der Waals surface area contributed by atoms with Crippen LogP contribution in [-0.4, -0.2) is 41.9 Å². The summed E-state index contributed by atoms with van der Waals surface area (Å²) in [6, 6.07) is -0.285. The lowest BCUT2D eigenvalue weighted by atomic mass is 10.2. The summed E-state index contributed by atoms with van der Waals surface area (Å²) >= 11 is 1.29. The molecule has 2 N–H and O–H groups in total. The summed E-state index contributed by atoms with van der Waals surface area (Å²) in [7, 11) is 0. The lowest BCUT2D eigenvalue weighted by Crippen LogP contribution is -2.48. The zero-order valence-corrected chi connectivity index (χ0v) is 8.21. The fraction of sp³-hybridized carbons (Fsp3) is 0.571. The highest BCUT2D eigenvalue weighted by molar-refractivity contribution is 7.13. The highest BCUT2D eigenvalue weighted by Gasteiger charge is 2.21. The minimum absolute atomic E-state index is 0.124. The van der Waals surface area contributed by atoms with E-state index in [4.69, 9.17) is 4.74 Å². The van der Waals surface area contributed by atoms with Crippen molar-refractivity contribution < 1.29 is 9.53 Å². The summed E-state index contributed by atoms with van der Waals surface area (Å²) < 4.78 is 5.17. The summed E-state index contributed by atoms with van der Waals surface area (Å²) in [6.45, 7) is 1.77. The summed E-state index contributed by atoms with van der Waals surface area (Å²) in [5.74, 6) is -0.124. The largest absolute Gasteiger partial charge is 0.378 e. The number of carbonyl (C=O) groups is 1. The van der Waals surface area contributed by atoms with E-state index in [0.717, 1.165) is 0 Å². The van der Waals surface area contributed by atoms with Gasteiger partial charge in [-0.15, -0.1) is 10.2 Å². The number of carbonyl (C=O) groups excluding carboxylic acids is 1. The maximum absolute atomic E-state index is 11.6. The third-order valence-electron chi connectivity index (χ3n) is 1.83. The molecule has 2 rings (SSSR count). The van der Waals surface area contributed by atoms with Crippen LogP contribution in [0.4, 0.5) is 5.13 Å². The number of nitrogens with zero attached hydrogens (tertiary/aromatic N) is 2. The first-order chi connectivity index (χ1) is 6.86. The van der Waals surface area contributed by atoms with Gasteiger partial charge in [-0.1, -0.05) is 11.3 Å². The van der Waals surface area contributed by atoms with E-state index in [1.165, 1.54) is 11.3 Å². The SMILES string of the molecule is O=C(Nc1nncs1)C1COCCN1. The fourth-order valence-electron chi connectivity index (χ4n) is 1.15. The van der Waals surface area contributed by atoms with Gasteiger partial charge in [0.1, 0.15) is 11.6 Å². The molecule has 0 bridgehead atoms. The minimum Gasteiger partial charge on any atom is -0.378 e. The Morgan fingerprint density at radius 3 is 3.36 bits per heavy atom. The molecule has 1 aromatic heterocycles. The lowest BCUT2D eigenvalue weighted by molar-refractivity contribution is -0.120. The van der Waals surface area contributed by atoms with Crippen molar-refractivity contribution in [1.29, 1.82) is 0 Å². The Morgan fingerprint density at radius 2 is 2.71 bits per heavy atom. The van der Waals surface area contributed by atoms with Crippen molar-refractivity contribution in [2.45, 2.75) is 6.04 Å². The third-order valence-corrected chi connectivity index (χ3v) is 2.43. The van der Waals surface area contributed by atoms with Crippen LogP contribution < -0.4 is 10.6 Å². The first kappa shape index (κ1) is 9.50. The quantitative estimate of drug-likeness (QED) is 0.692. The summed E-state index contributed by atoms with van der Waals surface area (Å²) in [6.07, 6.45) is 0. The van der Waals surface area contributed by atoms with E-state index in [-0.39, 0.29) is 11.9 Å². The molecule has 1 aliphatic rings. The minimum atomic E-state index is -0.285. The number of anilines is 1. The zero-order chi connectivity index (χ0) is 9.80. The van der Waals surface area contributed by atoms with Crippen molar-refractivity contribution in [2.75, 3.05) is 25.1 Å². The van der Waals surface area contributed by atoms with Crippen molar-refractivity contribution >= 4 is 22.4 Å². The number of aromatic nitrogens is 2. The molecular formula is C7H10N4O2S. The van der Waals surface area contributed by atoms with Crippen molar-refractivity contribution in [1.82, 2.24) is 15.5 Å². The van der Waals surface area contributed by atoms with Gasteiger partial charge >= 0.3 is 0 Å². The predicted octanol–water partition coefficient (Wildman–Crippen LogP) is -0.535. The maximum Gasteiger partial charge on any atom is 0.245 e. The zero-order valence-electron chi connectivity index (χ0n) is 7.40. The van der Waals surface area contributed by atoms with Gasteiger partial charge in [0, 0.05) is 6.54 Å². The molecule has 0 saturated carbocycles. The third kappa shape index (κ3) is 2.25. The Kier molecular flexibility index (Phi) is 3.02. The van der Waals surface area contributed by atoms with Crippen molar-refractivity contribution in [2.24, 2.45) is 0 Å². The van der Waals surface area contributed by atoms with Gasteiger partial charge in [0.25, 0.3) is 0 Å². The molecule has 0 radical (unpaired) electrons. The molecule has 1 saturated heterocycles. The molecule has 1 amide bonds. The number of hydrogen-bond donors (Lipinski definition) is 2. The van der Waals surface area contributed by atoms with Crippen molar-refractivity contribution in [3.05, 3.63) is 5.51 Å². The molecule has 1 unspecified atom stereocenters. The average Bonchev–Trinajstić information content (AvgIpc) is 2.72. The van der Waals surface area contributed by atoms with Gasteiger partial charge in [0.2, 0.25) is 11.0 Å². The van der Waals surface area contributed by atoms with Crippen LogP contribution in [0.5, 0.6) is 0 Å². The van der Waals surface area contributed by atoms with Gasteiger partial charge in [0.15, 0.2) is 0 Å². The second-order valence-electron chi connectivity index (χ2n) is 2.81. The van der Waals surface area contributed by atoms with Crippen molar-refractivity contribution in [3.63, 3.8) is 0 Å². The molecule has 1 aliphatic heterocycles. The Bertz CT molecular complexity index is 297. The first-order valence-corrected chi connectivity index (χ1v) is 5.12. The molecule has 1 atom stereocenters. The van der Waals surface area contributed by atoms with Crippen LogP contribution >= 0.6 is 11.3 Å². The Hall–Kier alpha value is -1.05. The highest BCUT2D eigenvalue weighted by atomic mass is 32.1. The molecular weight excluding hydrogens is 204 g/mol. The van der Waals surface area contributed by atoms with Gasteiger partial charge in [0.05, 0.1) is 13.2 Å². The van der Waals surface area contributed by atoms with E-state index < -0.39 is 0 Å². The lowest BCUT2D eigenvalue weighted by Gasteiger charge is -2.22. The number of hydrogen-bond acceptors (Lipinski definition) is 6. The molecule has 14 heavy (non-hydrogen) atoms. The van der Waals surface area contributed by atoms with Crippen LogP contribution in [0.25, 0.3) is 0 Å². The Morgan fingerprint density at radius 1 is 1.79 bits per heavy atom. The van der Waals surface area contributed by atoms with Crippen LogP contribution in [0, 0.1) is 0 Å². The Labute approximate surface area is 84.7 Å². The molecule has 7 heteroatoms. The maximum atomic E-state index is 11.6. The molecule has 2 heterocycles. The normalized spacial score (nSPS) is 21.9. The van der Waals surface area contributed by atoms with E-state index >= 15 is 0 Å². The number of morpholine rings is 1. The molecule has 1 fully saturated rings. The number of rotatable bonds is 2. The predicted molar refractivity (Wildman–Crippen MR) is 51.1 cm³/mol. The number of amides is 1. The van der Waals surface area contributed by atoms with Gasteiger partial charge in [-0.05, 0) is 0 Å². The topological polar surface area (TPSA) is 76.1 Å². The smallest absolute Gasteiger partial charge is 0.245 e. The summed E-state index contributed by atoms with van der Waals surface area (Å²) in [5, 5.41) is 13.6. The molecule has 1 aromatic rings. The molecule has 6 nitrogen and oxygen atoms in total. The van der Waals surface area contributed by atoms with E-state index in [9.17, 15) is 4.79 Å². The first-order valence-electron chi connectivity index (χ1n) is 4.24. The van der Waals surface area contributed by atoms with Gasteiger partial charge in [-0.3, -0.25) is 10.1 Å². The molecule has 0 spiro atoms. The van der Waals surface area contributed by atoms with Gasteiger partial charge in [-0.25, -0.2) is 0 Å². The monoisotopic (exact) mass is 214 g/mol. The number of nitrogens with one attached hydrogen (secondary N) is 2. The summed E-state index contributed by atoms with van der Waals surface area (Å²) in [5.41, 5.74) is 1.57. The second-order valence-corrected chi connectivity index (χ2v) is 3.65. The van der Waals surface area contributed by atoms with Crippen LogP contribution in [0.2, 0.25) is 0 Å². The van der Waals surface area contributed by atoms with Crippen LogP contribution in [0.15, 0.2) is 5.51 Å². The van der Waals surface area contributed by atoms with Crippen LogP contribution in [0.1, 0.15) is 0 Å². The van der Waals surface area contributed by atoms with E-state index in [0.29, 0.717) is 24.9 Å². The molecule has 0 aliphatic carbocycles. The van der Waals surface area contributed by atoms with E-state index in [2.05, 4.69) is 20.8 Å². The Balaban J connectivity index is 1.88.